The lowest BCUT2D eigenvalue weighted by Gasteiger charge is -2.19. The monoisotopic (exact) mass is 282 g/mol. The summed E-state index contributed by atoms with van der Waals surface area (Å²) in [4.78, 5) is 0. The Hall–Kier alpha value is -2.87. The van der Waals surface area contributed by atoms with Gasteiger partial charge < -0.3 is 19.5 Å². The number of benzene rings is 2. The van der Waals surface area contributed by atoms with Gasteiger partial charge in [-0.2, -0.15) is 5.26 Å². The minimum atomic E-state index is 0.541. The third kappa shape index (κ3) is 2.70. The van der Waals surface area contributed by atoms with Crippen LogP contribution in [0.1, 0.15) is 5.56 Å². The Morgan fingerprint density at radius 3 is 2.67 bits per heavy atom. The Labute approximate surface area is 122 Å². The van der Waals surface area contributed by atoms with Crippen LogP contribution in [0.15, 0.2) is 36.4 Å². The van der Waals surface area contributed by atoms with E-state index in [0.717, 1.165) is 11.4 Å². The van der Waals surface area contributed by atoms with Crippen LogP contribution in [0.5, 0.6) is 17.2 Å². The number of ether oxygens (including phenoxy) is 3. The Morgan fingerprint density at radius 2 is 1.90 bits per heavy atom. The van der Waals surface area contributed by atoms with E-state index in [0.29, 0.717) is 36.0 Å². The first-order chi connectivity index (χ1) is 10.3. The molecule has 0 radical (unpaired) electrons. The van der Waals surface area contributed by atoms with E-state index in [4.69, 9.17) is 14.2 Å². The second kappa shape index (κ2) is 5.63. The van der Waals surface area contributed by atoms with Gasteiger partial charge in [-0.05, 0) is 24.3 Å². The van der Waals surface area contributed by atoms with Gasteiger partial charge >= 0.3 is 0 Å². The lowest BCUT2D eigenvalue weighted by Crippen LogP contribution is -2.15. The molecule has 0 spiro atoms. The van der Waals surface area contributed by atoms with Gasteiger partial charge in [0.25, 0.3) is 0 Å². The van der Waals surface area contributed by atoms with Crippen LogP contribution in [0.2, 0.25) is 0 Å². The van der Waals surface area contributed by atoms with Crippen molar-refractivity contribution < 1.29 is 14.2 Å². The molecular formula is C16H14N2O3. The van der Waals surface area contributed by atoms with Gasteiger partial charge in [0.05, 0.1) is 18.4 Å². The molecule has 1 N–H and O–H groups in total. The molecule has 1 heterocycles. The Bertz CT molecular complexity index is 707. The van der Waals surface area contributed by atoms with Gasteiger partial charge in [-0.3, -0.25) is 0 Å². The van der Waals surface area contributed by atoms with Crippen molar-refractivity contribution >= 4 is 11.4 Å². The number of methoxy groups -OCH3 is 1. The molecule has 106 valence electrons. The molecule has 0 atom stereocenters. The molecule has 0 unspecified atom stereocenters. The van der Waals surface area contributed by atoms with Crippen LogP contribution in [0.25, 0.3) is 0 Å². The zero-order chi connectivity index (χ0) is 14.7. The van der Waals surface area contributed by atoms with Crippen LogP contribution < -0.4 is 19.5 Å². The third-order valence-electron chi connectivity index (χ3n) is 3.17. The molecule has 2 aromatic rings. The molecule has 0 bridgehead atoms. The standard InChI is InChI=1S/C16H14N2O3/c1-19-13-4-2-11(10-17)14(9-13)18-12-3-5-15-16(8-12)21-7-6-20-15/h2-5,8-9,18H,6-7H2,1H3. The van der Waals surface area contributed by atoms with Gasteiger partial charge in [0, 0.05) is 17.8 Å². The maximum absolute atomic E-state index is 9.18. The first-order valence-corrected chi connectivity index (χ1v) is 6.55. The molecule has 5 heteroatoms. The van der Waals surface area contributed by atoms with E-state index in [-0.39, 0.29) is 0 Å². The fourth-order valence-electron chi connectivity index (χ4n) is 2.13. The van der Waals surface area contributed by atoms with Crippen LogP contribution in [0.3, 0.4) is 0 Å². The maximum Gasteiger partial charge on any atom is 0.163 e. The van der Waals surface area contributed by atoms with Crippen molar-refractivity contribution in [2.75, 3.05) is 25.6 Å². The minimum absolute atomic E-state index is 0.541. The summed E-state index contributed by atoms with van der Waals surface area (Å²) >= 11 is 0. The van der Waals surface area contributed by atoms with Crippen molar-refractivity contribution in [2.45, 2.75) is 0 Å². The molecule has 5 nitrogen and oxygen atoms in total. The second-order valence-electron chi connectivity index (χ2n) is 4.51. The van der Waals surface area contributed by atoms with E-state index in [1.165, 1.54) is 0 Å². The van der Waals surface area contributed by atoms with Crippen molar-refractivity contribution in [1.82, 2.24) is 0 Å². The second-order valence-corrected chi connectivity index (χ2v) is 4.51. The average Bonchev–Trinajstić information content (AvgIpc) is 2.54. The fourth-order valence-corrected chi connectivity index (χ4v) is 2.13. The van der Waals surface area contributed by atoms with Crippen LogP contribution in [0, 0.1) is 11.3 Å². The number of fused-ring (bicyclic) bond motifs is 1. The first-order valence-electron chi connectivity index (χ1n) is 6.55. The van der Waals surface area contributed by atoms with E-state index >= 15 is 0 Å². The fraction of sp³-hybridized carbons (Fsp3) is 0.188. The third-order valence-corrected chi connectivity index (χ3v) is 3.17. The molecule has 3 rings (SSSR count). The zero-order valence-corrected chi connectivity index (χ0v) is 11.6. The van der Waals surface area contributed by atoms with Crippen molar-refractivity contribution in [3.8, 4) is 23.3 Å². The largest absolute Gasteiger partial charge is 0.497 e. The number of anilines is 2. The number of nitriles is 1. The summed E-state index contributed by atoms with van der Waals surface area (Å²) in [7, 11) is 1.59. The van der Waals surface area contributed by atoms with Crippen molar-refractivity contribution in [2.24, 2.45) is 0 Å². The molecule has 2 aromatic carbocycles. The number of hydrogen-bond acceptors (Lipinski definition) is 5. The summed E-state index contributed by atoms with van der Waals surface area (Å²) in [5.41, 5.74) is 2.06. The highest BCUT2D eigenvalue weighted by molar-refractivity contribution is 5.70. The number of hydrogen-bond donors (Lipinski definition) is 1. The van der Waals surface area contributed by atoms with E-state index in [9.17, 15) is 5.26 Å². The van der Waals surface area contributed by atoms with Crippen molar-refractivity contribution in [1.29, 1.82) is 5.26 Å². The predicted molar refractivity (Wildman–Crippen MR) is 78.4 cm³/mol. The summed E-state index contributed by atoms with van der Waals surface area (Å²) in [6.45, 7) is 1.10. The number of nitrogens with one attached hydrogen (secondary N) is 1. The quantitative estimate of drug-likeness (QED) is 0.937. The van der Waals surface area contributed by atoms with Gasteiger partial charge in [0.2, 0.25) is 0 Å². The van der Waals surface area contributed by atoms with Crippen LogP contribution >= 0.6 is 0 Å². The van der Waals surface area contributed by atoms with Gasteiger partial charge in [-0.25, -0.2) is 0 Å². The van der Waals surface area contributed by atoms with Gasteiger partial charge in [-0.15, -0.1) is 0 Å². The molecular weight excluding hydrogens is 268 g/mol. The normalized spacial score (nSPS) is 12.4. The van der Waals surface area contributed by atoms with Crippen LogP contribution in [-0.4, -0.2) is 20.3 Å². The number of rotatable bonds is 3. The summed E-state index contributed by atoms with van der Waals surface area (Å²) < 4.78 is 16.2. The highest BCUT2D eigenvalue weighted by Crippen LogP contribution is 2.34. The van der Waals surface area contributed by atoms with E-state index in [2.05, 4.69) is 11.4 Å². The molecule has 0 fully saturated rings. The van der Waals surface area contributed by atoms with Crippen molar-refractivity contribution in [3.05, 3.63) is 42.0 Å². The summed E-state index contributed by atoms with van der Waals surface area (Å²) in [5, 5.41) is 12.4. The highest BCUT2D eigenvalue weighted by atomic mass is 16.6. The highest BCUT2D eigenvalue weighted by Gasteiger charge is 2.12. The smallest absolute Gasteiger partial charge is 0.163 e. The minimum Gasteiger partial charge on any atom is -0.497 e. The van der Waals surface area contributed by atoms with Crippen LogP contribution in [0.4, 0.5) is 11.4 Å². The van der Waals surface area contributed by atoms with E-state index < -0.39 is 0 Å². The molecule has 0 aromatic heterocycles. The summed E-state index contributed by atoms with van der Waals surface area (Å²) in [6.07, 6.45) is 0. The van der Waals surface area contributed by atoms with E-state index in [1.54, 1.807) is 25.3 Å². The summed E-state index contributed by atoms with van der Waals surface area (Å²) in [5.74, 6) is 2.12. The zero-order valence-electron chi connectivity index (χ0n) is 11.6. The average molecular weight is 282 g/mol. The number of nitrogens with zero attached hydrogens (tertiary/aromatic N) is 1. The summed E-state index contributed by atoms with van der Waals surface area (Å²) in [6, 6.07) is 13.0. The lowest BCUT2D eigenvalue weighted by atomic mass is 10.1. The Morgan fingerprint density at radius 1 is 1.10 bits per heavy atom. The lowest BCUT2D eigenvalue weighted by molar-refractivity contribution is 0.171. The van der Waals surface area contributed by atoms with Crippen LogP contribution in [-0.2, 0) is 0 Å². The van der Waals surface area contributed by atoms with E-state index in [1.807, 2.05) is 18.2 Å². The van der Waals surface area contributed by atoms with Gasteiger partial charge in [0.15, 0.2) is 11.5 Å². The molecule has 0 saturated heterocycles. The Balaban J connectivity index is 1.91. The molecule has 1 aliphatic rings. The maximum atomic E-state index is 9.18. The molecule has 21 heavy (non-hydrogen) atoms. The molecule has 0 amide bonds. The molecule has 0 aliphatic carbocycles. The Kier molecular flexibility index (Phi) is 3.52. The SMILES string of the molecule is COc1ccc(C#N)c(Nc2ccc3c(c2)OCCO3)c1. The topological polar surface area (TPSA) is 63.5 Å². The van der Waals surface area contributed by atoms with Gasteiger partial charge in [-0.1, -0.05) is 0 Å². The predicted octanol–water partition coefficient (Wildman–Crippen LogP) is 3.08. The molecule has 0 saturated carbocycles. The van der Waals surface area contributed by atoms with Gasteiger partial charge in [0.1, 0.15) is 25.0 Å². The molecule has 1 aliphatic heterocycles. The first kappa shape index (κ1) is 13.1. The van der Waals surface area contributed by atoms with Crippen molar-refractivity contribution in [3.63, 3.8) is 0 Å².